The lowest BCUT2D eigenvalue weighted by molar-refractivity contribution is -0.119. The van der Waals surface area contributed by atoms with Gasteiger partial charge < -0.3 is 5.32 Å². The first-order valence-corrected chi connectivity index (χ1v) is 9.70. The van der Waals surface area contributed by atoms with Crippen LogP contribution in [0.5, 0.6) is 0 Å². The number of carbonyl (C=O) groups excluding carboxylic acids is 1. The van der Waals surface area contributed by atoms with Crippen LogP contribution < -0.4 is 5.32 Å². The van der Waals surface area contributed by atoms with Crippen molar-refractivity contribution in [2.45, 2.75) is 38.8 Å². The molecule has 1 saturated carbocycles. The van der Waals surface area contributed by atoms with Crippen LogP contribution in [0.1, 0.15) is 38.7 Å². The smallest absolute Gasteiger partial charge is 0.280 e. The van der Waals surface area contributed by atoms with Gasteiger partial charge in [-0.25, -0.2) is 8.78 Å². The zero-order valence-corrected chi connectivity index (χ0v) is 17.5. The van der Waals surface area contributed by atoms with Crippen LogP contribution in [0, 0.1) is 5.92 Å². The Morgan fingerprint density at radius 2 is 2.08 bits per heavy atom. The molecule has 0 heterocycles. The Kier molecular flexibility index (Phi) is 6.60. The standard InChI is InChI=1S/C19H21Br2F2NO/c1-11(2)10-24-18(25)17(22)12(3)6-7-19(23)9-14(19)13-4-5-15(20)16(21)8-13/h4-8,11,14H,9-10H2,1-3H3,(H,24,25)/t14?,19-/m0/s1. The summed E-state index contributed by atoms with van der Waals surface area (Å²) in [5.74, 6) is -1.64. The van der Waals surface area contributed by atoms with Gasteiger partial charge in [0.25, 0.3) is 5.91 Å². The topological polar surface area (TPSA) is 29.1 Å². The molecule has 2 nitrogen and oxygen atoms in total. The van der Waals surface area contributed by atoms with Crippen molar-refractivity contribution in [2.75, 3.05) is 6.54 Å². The Labute approximate surface area is 164 Å². The van der Waals surface area contributed by atoms with Gasteiger partial charge in [0.05, 0.1) is 0 Å². The minimum Gasteiger partial charge on any atom is -0.350 e. The fraction of sp³-hybridized carbons (Fsp3) is 0.421. The van der Waals surface area contributed by atoms with Gasteiger partial charge in [-0.15, -0.1) is 0 Å². The highest BCUT2D eigenvalue weighted by molar-refractivity contribution is 9.13. The van der Waals surface area contributed by atoms with E-state index in [4.69, 9.17) is 0 Å². The second kappa shape index (κ2) is 8.12. The van der Waals surface area contributed by atoms with E-state index in [2.05, 4.69) is 37.2 Å². The minimum atomic E-state index is -1.50. The molecule has 1 unspecified atom stereocenters. The number of hydrogen-bond donors (Lipinski definition) is 1. The van der Waals surface area contributed by atoms with Crippen molar-refractivity contribution >= 4 is 37.8 Å². The Morgan fingerprint density at radius 1 is 1.40 bits per heavy atom. The van der Waals surface area contributed by atoms with Crippen molar-refractivity contribution in [3.05, 3.63) is 56.3 Å². The van der Waals surface area contributed by atoms with E-state index in [-0.39, 0.29) is 17.4 Å². The molecule has 1 amide bonds. The number of halogens is 4. The summed E-state index contributed by atoms with van der Waals surface area (Å²) in [5.41, 5.74) is -0.483. The molecule has 1 aliphatic rings. The van der Waals surface area contributed by atoms with Gasteiger partial charge in [0.2, 0.25) is 0 Å². The molecule has 0 bridgehead atoms. The summed E-state index contributed by atoms with van der Waals surface area (Å²) in [6.45, 7) is 5.72. The van der Waals surface area contributed by atoms with Crippen molar-refractivity contribution in [1.82, 2.24) is 5.32 Å². The highest BCUT2D eigenvalue weighted by Gasteiger charge is 2.54. The first kappa shape index (κ1) is 20.3. The molecule has 2 atom stereocenters. The summed E-state index contributed by atoms with van der Waals surface area (Å²) < 4.78 is 30.6. The summed E-state index contributed by atoms with van der Waals surface area (Å²) in [4.78, 5) is 11.7. The van der Waals surface area contributed by atoms with Crippen LogP contribution in [0.25, 0.3) is 0 Å². The molecular formula is C19H21Br2F2NO. The lowest BCUT2D eigenvalue weighted by Crippen LogP contribution is -2.27. The largest absolute Gasteiger partial charge is 0.350 e. The average molecular weight is 477 g/mol. The van der Waals surface area contributed by atoms with Crippen LogP contribution in [0.4, 0.5) is 8.78 Å². The number of hydrogen-bond acceptors (Lipinski definition) is 1. The van der Waals surface area contributed by atoms with Crippen LogP contribution in [0.15, 0.2) is 50.7 Å². The monoisotopic (exact) mass is 475 g/mol. The molecule has 25 heavy (non-hydrogen) atoms. The normalized spacial score (nSPS) is 23.8. The maximum atomic E-state index is 14.8. The minimum absolute atomic E-state index is 0.126. The van der Waals surface area contributed by atoms with Gasteiger partial charge in [0, 0.05) is 21.4 Å². The lowest BCUT2D eigenvalue weighted by Gasteiger charge is -2.07. The van der Waals surface area contributed by atoms with Gasteiger partial charge in [-0.1, -0.05) is 26.0 Å². The van der Waals surface area contributed by atoms with E-state index in [0.717, 1.165) is 14.5 Å². The number of nitrogens with one attached hydrogen (secondary N) is 1. The van der Waals surface area contributed by atoms with Gasteiger partial charge in [-0.3, -0.25) is 4.79 Å². The molecule has 0 saturated heterocycles. The lowest BCUT2D eigenvalue weighted by atomic mass is 10.1. The number of carbonyl (C=O) groups is 1. The summed E-state index contributed by atoms with van der Waals surface area (Å²) in [5, 5.41) is 2.51. The molecule has 2 rings (SSSR count). The summed E-state index contributed by atoms with van der Waals surface area (Å²) in [6, 6.07) is 5.62. The summed E-state index contributed by atoms with van der Waals surface area (Å²) >= 11 is 6.80. The molecule has 0 aliphatic heterocycles. The SMILES string of the molecule is CC(C=C[C@]1(F)CC1c1ccc(Br)c(Br)c1)=C(F)C(=O)NCC(C)C. The molecule has 1 N–H and O–H groups in total. The number of amides is 1. The molecule has 1 aliphatic carbocycles. The van der Waals surface area contributed by atoms with E-state index >= 15 is 0 Å². The van der Waals surface area contributed by atoms with Crippen LogP contribution in [0.2, 0.25) is 0 Å². The van der Waals surface area contributed by atoms with Gasteiger partial charge in [-0.2, -0.15) is 0 Å². The zero-order chi connectivity index (χ0) is 18.8. The molecule has 1 aromatic rings. The number of allylic oxidation sites excluding steroid dienone is 3. The Bertz CT molecular complexity index is 730. The summed E-state index contributed by atoms with van der Waals surface area (Å²) in [6.07, 6.45) is 3.07. The second-order valence-electron chi connectivity index (χ2n) is 6.79. The van der Waals surface area contributed by atoms with Crippen molar-refractivity contribution in [3.63, 3.8) is 0 Å². The van der Waals surface area contributed by atoms with Crippen LogP contribution in [-0.2, 0) is 4.79 Å². The van der Waals surface area contributed by atoms with Crippen molar-refractivity contribution in [1.29, 1.82) is 0 Å². The van der Waals surface area contributed by atoms with Gasteiger partial charge >= 0.3 is 0 Å². The molecule has 1 fully saturated rings. The first-order valence-electron chi connectivity index (χ1n) is 8.11. The van der Waals surface area contributed by atoms with E-state index in [1.165, 1.54) is 19.1 Å². The van der Waals surface area contributed by atoms with Crippen LogP contribution in [-0.4, -0.2) is 18.1 Å². The molecule has 0 radical (unpaired) electrons. The maximum Gasteiger partial charge on any atom is 0.280 e. The fourth-order valence-electron chi connectivity index (χ4n) is 2.45. The van der Waals surface area contributed by atoms with E-state index in [1.54, 1.807) is 0 Å². The highest BCUT2D eigenvalue weighted by Crippen LogP contribution is 2.56. The fourth-order valence-corrected chi connectivity index (χ4v) is 3.10. The molecule has 6 heteroatoms. The van der Waals surface area contributed by atoms with E-state index < -0.39 is 17.4 Å². The average Bonchev–Trinajstić information content (AvgIpc) is 3.24. The number of benzene rings is 1. The van der Waals surface area contributed by atoms with Gasteiger partial charge in [0.1, 0.15) is 5.67 Å². The van der Waals surface area contributed by atoms with Crippen LogP contribution in [0.3, 0.4) is 0 Å². The summed E-state index contributed by atoms with van der Waals surface area (Å²) in [7, 11) is 0. The van der Waals surface area contributed by atoms with E-state index in [1.807, 2.05) is 32.0 Å². The van der Waals surface area contributed by atoms with Crippen molar-refractivity contribution in [2.24, 2.45) is 5.92 Å². The Hall–Kier alpha value is -1.01. The molecule has 0 spiro atoms. The zero-order valence-electron chi connectivity index (χ0n) is 14.4. The Morgan fingerprint density at radius 3 is 2.68 bits per heavy atom. The van der Waals surface area contributed by atoms with Gasteiger partial charge in [0.15, 0.2) is 5.83 Å². The van der Waals surface area contributed by atoms with E-state index in [9.17, 15) is 13.6 Å². The van der Waals surface area contributed by atoms with Crippen molar-refractivity contribution in [3.8, 4) is 0 Å². The Balaban J connectivity index is 2.04. The van der Waals surface area contributed by atoms with E-state index in [0.29, 0.717) is 13.0 Å². The maximum absolute atomic E-state index is 14.8. The first-order chi connectivity index (χ1) is 11.6. The van der Waals surface area contributed by atoms with Gasteiger partial charge in [-0.05, 0) is 80.5 Å². The number of alkyl halides is 1. The third-order valence-corrected chi connectivity index (χ3v) is 5.99. The third-order valence-electron chi connectivity index (χ3n) is 4.11. The quantitative estimate of drug-likeness (QED) is 0.397. The molecule has 0 aromatic heterocycles. The van der Waals surface area contributed by atoms with Crippen molar-refractivity contribution < 1.29 is 13.6 Å². The highest BCUT2D eigenvalue weighted by atomic mass is 79.9. The molecule has 136 valence electrons. The third kappa shape index (κ3) is 5.23. The second-order valence-corrected chi connectivity index (χ2v) is 8.50. The predicted octanol–water partition coefficient (Wildman–Crippen LogP) is 5.98. The molecular weight excluding hydrogens is 456 g/mol. The molecule has 1 aromatic carbocycles. The van der Waals surface area contributed by atoms with Crippen LogP contribution >= 0.6 is 31.9 Å². The number of rotatable bonds is 6. The predicted molar refractivity (Wildman–Crippen MR) is 104 cm³/mol.